The number of nitrogens with zero attached hydrogens (tertiary/aromatic N) is 2. The number of benzene rings is 2. The second-order valence-corrected chi connectivity index (χ2v) is 9.38. The monoisotopic (exact) mass is 421 g/mol. The number of amides is 1. The Morgan fingerprint density at radius 2 is 1.79 bits per heavy atom. The minimum absolute atomic E-state index is 0.0919. The summed E-state index contributed by atoms with van der Waals surface area (Å²) in [6.07, 6.45) is 1.75. The summed E-state index contributed by atoms with van der Waals surface area (Å²) < 4.78 is 26.8. The van der Waals surface area contributed by atoms with Crippen molar-refractivity contribution >= 4 is 33.2 Å². The number of piperidine rings is 1. The van der Waals surface area contributed by atoms with Crippen molar-refractivity contribution in [1.82, 2.24) is 10.2 Å². The van der Waals surface area contributed by atoms with Crippen LogP contribution in [0.4, 0.5) is 5.69 Å². The van der Waals surface area contributed by atoms with Gasteiger partial charge in [-0.2, -0.15) is 0 Å². The fourth-order valence-corrected chi connectivity index (χ4v) is 4.60. The van der Waals surface area contributed by atoms with E-state index >= 15 is 0 Å². The highest BCUT2D eigenvalue weighted by Gasteiger charge is 2.24. The molecule has 0 aliphatic carbocycles. The first-order valence-electron chi connectivity index (χ1n) is 9.12. The van der Waals surface area contributed by atoms with Crippen LogP contribution < -0.4 is 9.62 Å². The van der Waals surface area contributed by atoms with Crippen LogP contribution in [0.15, 0.2) is 53.4 Å². The Morgan fingerprint density at radius 3 is 2.43 bits per heavy atom. The van der Waals surface area contributed by atoms with E-state index in [9.17, 15) is 13.2 Å². The predicted molar refractivity (Wildman–Crippen MR) is 111 cm³/mol. The summed E-state index contributed by atoms with van der Waals surface area (Å²) in [5.41, 5.74) is 0.648. The number of anilines is 1. The van der Waals surface area contributed by atoms with Gasteiger partial charge < -0.3 is 10.2 Å². The number of likely N-dealkylation sites (tertiary alicyclic amines) is 1. The van der Waals surface area contributed by atoms with Crippen LogP contribution in [-0.4, -0.2) is 52.5 Å². The van der Waals surface area contributed by atoms with Gasteiger partial charge in [0.2, 0.25) is 0 Å². The van der Waals surface area contributed by atoms with Crippen LogP contribution in [0.25, 0.3) is 0 Å². The number of carbonyl (C=O) groups is 1. The molecule has 1 saturated heterocycles. The van der Waals surface area contributed by atoms with Crippen molar-refractivity contribution in [3.63, 3.8) is 0 Å². The van der Waals surface area contributed by atoms with Crippen LogP contribution in [0.5, 0.6) is 0 Å². The van der Waals surface area contributed by atoms with Gasteiger partial charge in [-0.1, -0.05) is 29.8 Å². The zero-order valence-electron chi connectivity index (χ0n) is 15.9. The van der Waals surface area contributed by atoms with Gasteiger partial charge in [-0.15, -0.1) is 0 Å². The standard InChI is InChI=1S/C20H24ClN3O3S/c1-23-12-10-15(11-13-23)22-20(25)18-14-16(8-9-19(18)21)24(2)28(26,27)17-6-4-3-5-7-17/h3-9,14-15H,10-13H2,1-2H3,(H,22,25). The molecule has 8 heteroatoms. The lowest BCUT2D eigenvalue weighted by molar-refractivity contribution is 0.0917. The number of nitrogens with one attached hydrogen (secondary N) is 1. The molecular formula is C20H24ClN3O3S. The molecule has 0 bridgehead atoms. The maximum absolute atomic E-state index is 12.8. The van der Waals surface area contributed by atoms with E-state index in [0.717, 1.165) is 30.2 Å². The van der Waals surface area contributed by atoms with Crippen molar-refractivity contribution in [2.24, 2.45) is 0 Å². The highest BCUT2D eigenvalue weighted by Crippen LogP contribution is 2.27. The average molecular weight is 422 g/mol. The van der Waals surface area contributed by atoms with E-state index in [1.54, 1.807) is 30.3 Å². The van der Waals surface area contributed by atoms with Gasteiger partial charge in [0.25, 0.3) is 15.9 Å². The van der Waals surface area contributed by atoms with E-state index in [-0.39, 0.29) is 22.4 Å². The van der Waals surface area contributed by atoms with Crippen LogP contribution in [0, 0.1) is 0 Å². The lowest BCUT2D eigenvalue weighted by atomic mass is 10.0. The lowest BCUT2D eigenvalue weighted by Crippen LogP contribution is -2.43. The highest BCUT2D eigenvalue weighted by molar-refractivity contribution is 7.92. The number of carbonyl (C=O) groups excluding carboxylic acids is 1. The SMILES string of the molecule is CN1CCC(NC(=O)c2cc(N(C)S(=O)(=O)c3ccccc3)ccc2Cl)CC1. The minimum Gasteiger partial charge on any atom is -0.349 e. The zero-order chi connectivity index (χ0) is 20.3. The van der Waals surface area contributed by atoms with Crippen molar-refractivity contribution in [2.45, 2.75) is 23.8 Å². The minimum atomic E-state index is -3.73. The highest BCUT2D eigenvalue weighted by atomic mass is 35.5. The van der Waals surface area contributed by atoms with Gasteiger partial charge in [0.1, 0.15) is 0 Å². The normalized spacial score (nSPS) is 16.0. The van der Waals surface area contributed by atoms with Gasteiger partial charge in [-0.05, 0) is 63.3 Å². The first-order chi connectivity index (χ1) is 13.3. The van der Waals surface area contributed by atoms with E-state index in [2.05, 4.69) is 17.3 Å². The first kappa shape index (κ1) is 20.6. The van der Waals surface area contributed by atoms with Gasteiger partial charge >= 0.3 is 0 Å². The summed E-state index contributed by atoms with van der Waals surface area (Å²) in [7, 11) is -0.208. The van der Waals surface area contributed by atoms with E-state index in [0.29, 0.717) is 10.7 Å². The zero-order valence-corrected chi connectivity index (χ0v) is 17.5. The van der Waals surface area contributed by atoms with Crippen molar-refractivity contribution in [1.29, 1.82) is 0 Å². The fraction of sp³-hybridized carbons (Fsp3) is 0.350. The van der Waals surface area contributed by atoms with Crippen LogP contribution in [0.2, 0.25) is 5.02 Å². The number of hydrogen-bond acceptors (Lipinski definition) is 4. The Balaban J connectivity index is 1.82. The smallest absolute Gasteiger partial charge is 0.264 e. The topological polar surface area (TPSA) is 69.7 Å². The Hall–Kier alpha value is -2.09. The molecule has 0 radical (unpaired) electrons. The molecule has 0 spiro atoms. The number of sulfonamides is 1. The molecule has 1 fully saturated rings. The predicted octanol–water partition coefficient (Wildman–Crippen LogP) is 2.99. The van der Waals surface area contributed by atoms with Crippen LogP contribution in [-0.2, 0) is 10.0 Å². The molecule has 150 valence electrons. The lowest BCUT2D eigenvalue weighted by Gasteiger charge is -2.29. The van der Waals surface area contributed by atoms with E-state index in [1.165, 1.54) is 25.2 Å². The van der Waals surface area contributed by atoms with E-state index in [1.807, 2.05) is 0 Å². The second kappa shape index (κ2) is 8.51. The summed E-state index contributed by atoms with van der Waals surface area (Å²) >= 11 is 6.23. The third-order valence-electron chi connectivity index (χ3n) is 5.01. The number of rotatable bonds is 5. The third kappa shape index (κ3) is 4.48. The maximum Gasteiger partial charge on any atom is 0.264 e. The summed E-state index contributed by atoms with van der Waals surface area (Å²) in [5.74, 6) is -0.285. The molecule has 0 atom stereocenters. The second-order valence-electron chi connectivity index (χ2n) is 7.00. The van der Waals surface area contributed by atoms with Gasteiger partial charge in [0.05, 0.1) is 21.2 Å². The summed E-state index contributed by atoms with van der Waals surface area (Å²) in [6.45, 7) is 1.85. The molecule has 1 N–H and O–H groups in total. The molecule has 2 aromatic carbocycles. The van der Waals surface area contributed by atoms with Gasteiger partial charge in [0, 0.05) is 13.1 Å². The number of halogens is 1. The third-order valence-corrected chi connectivity index (χ3v) is 7.14. The average Bonchev–Trinajstić information content (AvgIpc) is 2.70. The Bertz CT molecular complexity index is 942. The fourth-order valence-electron chi connectivity index (χ4n) is 3.19. The summed E-state index contributed by atoms with van der Waals surface area (Å²) in [4.78, 5) is 15.1. The van der Waals surface area contributed by atoms with E-state index in [4.69, 9.17) is 11.6 Å². The molecule has 2 aromatic rings. The quantitative estimate of drug-likeness (QED) is 0.805. The Kier molecular flexibility index (Phi) is 6.27. The van der Waals surface area contributed by atoms with Crippen molar-refractivity contribution in [2.75, 3.05) is 31.5 Å². The van der Waals surface area contributed by atoms with Crippen LogP contribution in [0.1, 0.15) is 23.2 Å². The maximum atomic E-state index is 12.8. The van der Waals surface area contributed by atoms with E-state index < -0.39 is 10.0 Å². The van der Waals surface area contributed by atoms with Crippen molar-refractivity contribution in [3.05, 3.63) is 59.1 Å². The number of hydrogen-bond donors (Lipinski definition) is 1. The molecule has 3 rings (SSSR count). The molecule has 0 aromatic heterocycles. The first-order valence-corrected chi connectivity index (χ1v) is 10.9. The molecule has 28 heavy (non-hydrogen) atoms. The van der Waals surface area contributed by atoms with Gasteiger partial charge in [-0.3, -0.25) is 9.10 Å². The Labute approximate surface area is 171 Å². The molecule has 0 saturated carbocycles. The molecule has 6 nitrogen and oxygen atoms in total. The van der Waals surface area contributed by atoms with Crippen LogP contribution >= 0.6 is 11.6 Å². The van der Waals surface area contributed by atoms with Gasteiger partial charge in [0.15, 0.2) is 0 Å². The van der Waals surface area contributed by atoms with Gasteiger partial charge in [-0.25, -0.2) is 8.42 Å². The summed E-state index contributed by atoms with van der Waals surface area (Å²) in [6, 6.07) is 12.9. The van der Waals surface area contributed by atoms with Crippen LogP contribution in [0.3, 0.4) is 0 Å². The molecular weight excluding hydrogens is 398 g/mol. The molecule has 1 amide bonds. The Morgan fingerprint density at radius 1 is 1.14 bits per heavy atom. The van der Waals surface area contributed by atoms with Crippen molar-refractivity contribution in [3.8, 4) is 0 Å². The largest absolute Gasteiger partial charge is 0.349 e. The summed E-state index contributed by atoms with van der Waals surface area (Å²) in [5, 5.41) is 3.31. The molecule has 1 aliphatic heterocycles. The molecule has 1 heterocycles. The molecule has 0 unspecified atom stereocenters. The molecule has 1 aliphatic rings. The van der Waals surface area contributed by atoms with Crippen molar-refractivity contribution < 1.29 is 13.2 Å².